The molecule has 8 heteroatoms. The maximum Gasteiger partial charge on any atom is 0.229 e. The first-order chi connectivity index (χ1) is 14.5. The number of carbonyl (C=O) groups excluding carboxylic acids is 1. The molecule has 0 aliphatic carbocycles. The van der Waals surface area contributed by atoms with Crippen LogP contribution in [-0.4, -0.2) is 34.9 Å². The van der Waals surface area contributed by atoms with Crippen molar-refractivity contribution >= 4 is 23.2 Å². The highest BCUT2D eigenvalue weighted by molar-refractivity contribution is 5.96. The lowest BCUT2D eigenvalue weighted by atomic mass is 10.1. The van der Waals surface area contributed by atoms with Gasteiger partial charge in [0.05, 0.1) is 13.1 Å². The summed E-state index contributed by atoms with van der Waals surface area (Å²) in [5.74, 6) is -0.146. The summed E-state index contributed by atoms with van der Waals surface area (Å²) in [5, 5.41) is 3.11. The molecule has 0 atom stereocenters. The van der Waals surface area contributed by atoms with E-state index in [1.165, 1.54) is 12.1 Å². The lowest BCUT2D eigenvalue weighted by Crippen LogP contribution is -2.54. The molecular weight excluding hydrogens is 390 g/mol. The fourth-order valence-electron chi connectivity index (χ4n) is 3.14. The quantitative estimate of drug-likeness (QED) is 0.584. The molecule has 1 aliphatic heterocycles. The Hall–Kier alpha value is -3.55. The molecule has 2 heterocycles. The van der Waals surface area contributed by atoms with Crippen molar-refractivity contribution in [2.45, 2.75) is 19.4 Å². The van der Waals surface area contributed by atoms with E-state index in [1.54, 1.807) is 30.5 Å². The Labute approximate surface area is 172 Å². The van der Waals surface area contributed by atoms with Gasteiger partial charge in [-0.3, -0.25) is 4.79 Å². The first kappa shape index (κ1) is 19.8. The third-order valence-electron chi connectivity index (χ3n) is 4.76. The summed E-state index contributed by atoms with van der Waals surface area (Å²) in [6.07, 6.45) is 1.86. The van der Waals surface area contributed by atoms with E-state index in [-0.39, 0.29) is 17.6 Å². The molecule has 4 rings (SSSR count). The largest absolute Gasteiger partial charge is 0.484 e. The summed E-state index contributed by atoms with van der Waals surface area (Å²) >= 11 is 0. The number of nitrogens with zero attached hydrogens (tertiary/aromatic N) is 3. The number of aromatic nitrogens is 2. The van der Waals surface area contributed by atoms with Gasteiger partial charge in [0.2, 0.25) is 5.95 Å². The number of benzene rings is 2. The van der Waals surface area contributed by atoms with E-state index >= 15 is 0 Å². The molecule has 6 nitrogen and oxygen atoms in total. The minimum atomic E-state index is -0.717. The molecule has 0 radical (unpaired) electrons. The van der Waals surface area contributed by atoms with Crippen molar-refractivity contribution in [1.82, 2.24) is 9.97 Å². The molecule has 0 unspecified atom stereocenters. The van der Waals surface area contributed by atoms with Gasteiger partial charge in [0.15, 0.2) is 17.3 Å². The van der Waals surface area contributed by atoms with Crippen molar-refractivity contribution in [1.29, 1.82) is 0 Å². The van der Waals surface area contributed by atoms with Crippen LogP contribution in [0.15, 0.2) is 54.7 Å². The van der Waals surface area contributed by atoms with E-state index in [9.17, 15) is 13.6 Å². The van der Waals surface area contributed by atoms with Crippen molar-refractivity contribution in [3.05, 3.63) is 71.9 Å². The topological polar surface area (TPSA) is 67.4 Å². The van der Waals surface area contributed by atoms with Crippen molar-refractivity contribution < 1.29 is 18.3 Å². The first-order valence-corrected chi connectivity index (χ1v) is 9.62. The Morgan fingerprint density at radius 2 is 2.03 bits per heavy atom. The van der Waals surface area contributed by atoms with Gasteiger partial charge in [-0.2, -0.15) is 4.98 Å². The molecule has 0 bridgehead atoms. The van der Waals surface area contributed by atoms with Gasteiger partial charge < -0.3 is 15.0 Å². The van der Waals surface area contributed by atoms with E-state index in [4.69, 9.17) is 4.74 Å². The van der Waals surface area contributed by atoms with Crippen LogP contribution in [-0.2, 0) is 0 Å². The second-order valence-corrected chi connectivity index (χ2v) is 6.94. The van der Waals surface area contributed by atoms with E-state index in [2.05, 4.69) is 15.3 Å². The summed E-state index contributed by atoms with van der Waals surface area (Å²) in [4.78, 5) is 22.6. The predicted octanol–water partition coefficient (Wildman–Crippen LogP) is 4.36. The highest BCUT2D eigenvalue weighted by atomic mass is 19.1. The number of Topliss-reactive ketones (excluding diaryl/α,β-unsaturated/α-hetero) is 1. The molecule has 1 N–H and O–H groups in total. The molecule has 2 aromatic carbocycles. The third-order valence-corrected chi connectivity index (χ3v) is 4.76. The van der Waals surface area contributed by atoms with Crippen LogP contribution in [0.3, 0.4) is 0 Å². The van der Waals surface area contributed by atoms with Gasteiger partial charge in [0.1, 0.15) is 17.7 Å². The zero-order chi connectivity index (χ0) is 21.1. The second-order valence-electron chi connectivity index (χ2n) is 6.94. The maximum absolute atomic E-state index is 13.7. The van der Waals surface area contributed by atoms with E-state index in [1.807, 2.05) is 17.9 Å². The fourth-order valence-corrected chi connectivity index (χ4v) is 3.14. The second kappa shape index (κ2) is 8.44. The lowest BCUT2D eigenvalue weighted by Gasteiger charge is -2.39. The van der Waals surface area contributed by atoms with E-state index < -0.39 is 11.6 Å². The lowest BCUT2D eigenvalue weighted by molar-refractivity contribution is 0.0988. The smallest absolute Gasteiger partial charge is 0.229 e. The number of ketones is 1. The summed E-state index contributed by atoms with van der Waals surface area (Å²) < 4.78 is 32.3. The molecule has 3 aromatic rings. The Bertz CT molecular complexity index is 1070. The summed E-state index contributed by atoms with van der Waals surface area (Å²) in [6, 6.07) is 12.2. The molecule has 30 heavy (non-hydrogen) atoms. The van der Waals surface area contributed by atoms with Crippen molar-refractivity contribution in [2.24, 2.45) is 0 Å². The Balaban J connectivity index is 1.38. The molecule has 0 amide bonds. The van der Waals surface area contributed by atoms with Crippen LogP contribution in [0.2, 0.25) is 0 Å². The number of hydrogen-bond acceptors (Lipinski definition) is 6. The van der Waals surface area contributed by atoms with Gasteiger partial charge in [-0.25, -0.2) is 13.8 Å². The molecule has 1 aliphatic rings. The maximum atomic E-state index is 13.7. The Kier molecular flexibility index (Phi) is 5.56. The van der Waals surface area contributed by atoms with Gasteiger partial charge in [0.25, 0.3) is 0 Å². The van der Waals surface area contributed by atoms with Crippen LogP contribution in [0, 0.1) is 11.6 Å². The molecular formula is C22H20F2N4O2. The normalized spacial score (nSPS) is 13.6. The van der Waals surface area contributed by atoms with Gasteiger partial charge in [-0.15, -0.1) is 0 Å². The number of rotatable bonds is 7. The number of anilines is 3. The third kappa shape index (κ3) is 4.37. The van der Waals surface area contributed by atoms with Crippen LogP contribution in [0.4, 0.5) is 26.2 Å². The van der Waals surface area contributed by atoms with Crippen LogP contribution in [0.25, 0.3) is 0 Å². The van der Waals surface area contributed by atoms with Gasteiger partial charge in [0, 0.05) is 29.9 Å². The van der Waals surface area contributed by atoms with E-state index in [0.717, 1.165) is 11.8 Å². The molecule has 1 saturated heterocycles. The number of hydrogen-bond donors (Lipinski definition) is 1. The average molecular weight is 410 g/mol. The fraction of sp³-hybridized carbons (Fsp3) is 0.227. The number of ether oxygens (including phenoxy) is 1. The van der Waals surface area contributed by atoms with Crippen molar-refractivity contribution in [2.75, 3.05) is 23.3 Å². The zero-order valence-corrected chi connectivity index (χ0v) is 16.3. The number of nitrogens with one attached hydrogen (secondary N) is 1. The molecule has 1 aromatic heterocycles. The van der Waals surface area contributed by atoms with Crippen LogP contribution in [0.5, 0.6) is 5.75 Å². The van der Waals surface area contributed by atoms with Gasteiger partial charge >= 0.3 is 0 Å². The summed E-state index contributed by atoms with van der Waals surface area (Å²) in [7, 11) is 0. The van der Waals surface area contributed by atoms with Crippen molar-refractivity contribution in [3.8, 4) is 5.75 Å². The molecule has 154 valence electrons. The van der Waals surface area contributed by atoms with Crippen LogP contribution < -0.4 is 15.0 Å². The standard InChI is InChI=1S/C22H20F2N4O2/c1-2-19(29)14-4-3-5-16(10-14)26-22-25-9-8-21(27-22)28-12-17(13-28)30-20-7-6-15(23)11-18(20)24/h3-11,17H,2,12-13H2,1H3,(H,25,26,27). The molecule has 0 saturated carbocycles. The van der Waals surface area contributed by atoms with Gasteiger partial charge in [-0.05, 0) is 30.3 Å². The minimum absolute atomic E-state index is 0.0348. The minimum Gasteiger partial charge on any atom is -0.484 e. The summed E-state index contributed by atoms with van der Waals surface area (Å²) in [6.45, 7) is 2.87. The van der Waals surface area contributed by atoms with Gasteiger partial charge in [-0.1, -0.05) is 19.1 Å². The predicted molar refractivity (Wildman–Crippen MR) is 109 cm³/mol. The Morgan fingerprint density at radius 3 is 2.80 bits per heavy atom. The van der Waals surface area contributed by atoms with Crippen molar-refractivity contribution in [3.63, 3.8) is 0 Å². The molecule has 0 spiro atoms. The highest BCUT2D eigenvalue weighted by Gasteiger charge is 2.30. The van der Waals surface area contributed by atoms with Crippen LogP contribution in [0.1, 0.15) is 23.7 Å². The monoisotopic (exact) mass is 410 g/mol. The SMILES string of the molecule is CCC(=O)c1cccc(Nc2nccc(N3CC(Oc4ccc(F)cc4F)C3)n2)c1. The highest BCUT2D eigenvalue weighted by Crippen LogP contribution is 2.26. The zero-order valence-electron chi connectivity index (χ0n) is 16.3. The number of carbonyl (C=O) groups is 1. The molecule has 1 fully saturated rings. The number of halogens is 2. The van der Waals surface area contributed by atoms with E-state index in [0.29, 0.717) is 36.8 Å². The summed E-state index contributed by atoms with van der Waals surface area (Å²) in [5.41, 5.74) is 1.36. The average Bonchev–Trinajstić information content (AvgIpc) is 2.71. The van der Waals surface area contributed by atoms with Crippen LogP contribution >= 0.6 is 0 Å². The Morgan fingerprint density at radius 1 is 1.20 bits per heavy atom. The first-order valence-electron chi connectivity index (χ1n) is 9.62.